The molecule has 1 heterocycles. The summed E-state index contributed by atoms with van der Waals surface area (Å²) >= 11 is 1.62. The molecular weight excluding hydrogens is 408 g/mol. The summed E-state index contributed by atoms with van der Waals surface area (Å²) in [6.07, 6.45) is 2.38. The number of benzene rings is 3. The third-order valence-corrected chi connectivity index (χ3v) is 5.69. The van der Waals surface area contributed by atoms with Crippen molar-refractivity contribution < 1.29 is 13.9 Å². The Hall–Kier alpha value is -3.51. The van der Waals surface area contributed by atoms with Crippen LogP contribution in [0.2, 0.25) is 0 Å². The van der Waals surface area contributed by atoms with Crippen LogP contribution >= 0.6 is 11.8 Å². The highest BCUT2D eigenvalue weighted by molar-refractivity contribution is 7.99. The normalized spacial score (nSPS) is 10.6. The van der Waals surface area contributed by atoms with Gasteiger partial charge in [-0.2, -0.15) is 0 Å². The molecule has 1 N–H and O–H groups in total. The fraction of sp³-hybridized carbons (Fsp3) is 0.120. The molecule has 0 aliphatic carbocycles. The standard InChI is InChI=1S/C25H22N2O3S/c1-29-19-9-7-8-18(16-19)22-17-26-25(30-22)15-14-24(28)27-21-12-5-6-13-23(21)31-20-10-3-2-4-11-20/h2-13,16-17H,14-15H2,1H3,(H,27,28). The second-order valence-electron chi connectivity index (χ2n) is 6.81. The van der Waals surface area contributed by atoms with Crippen molar-refractivity contribution in [3.05, 3.63) is 91.0 Å². The number of oxazole rings is 1. The van der Waals surface area contributed by atoms with Crippen LogP contribution in [0, 0.1) is 0 Å². The molecule has 5 nitrogen and oxygen atoms in total. The minimum Gasteiger partial charge on any atom is -0.497 e. The number of aryl methyl sites for hydroxylation is 1. The largest absolute Gasteiger partial charge is 0.497 e. The number of ether oxygens (including phenoxy) is 1. The number of carbonyl (C=O) groups excluding carboxylic acids is 1. The highest BCUT2D eigenvalue weighted by atomic mass is 32.2. The van der Waals surface area contributed by atoms with E-state index in [4.69, 9.17) is 9.15 Å². The summed E-state index contributed by atoms with van der Waals surface area (Å²) in [6, 6.07) is 25.5. The van der Waals surface area contributed by atoms with Crippen molar-refractivity contribution in [2.45, 2.75) is 22.6 Å². The molecule has 156 valence electrons. The van der Waals surface area contributed by atoms with Crippen LogP contribution in [0.4, 0.5) is 5.69 Å². The van der Waals surface area contributed by atoms with Crippen LogP contribution in [-0.2, 0) is 11.2 Å². The summed E-state index contributed by atoms with van der Waals surface area (Å²) in [5.41, 5.74) is 1.68. The fourth-order valence-electron chi connectivity index (χ4n) is 3.04. The Morgan fingerprint density at radius 2 is 1.84 bits per heavy atom. The molecule has 0 spiro atoms. The lowest BCUT2D eigenvalue weighted by atomic mass is 10.2. The van der Waals surface area contributed by atoms with E-state index in [2.05, 4.69) is 10.3 Å². The molecule has 1 aromatic heterocycles. The van der Waals surface area contributed by atoms with E-state index in [1.165, 1.54) is 0 Å². The minimum atomic E-state index is -0.0813. The summed E-state index contributed by atoms with van der Waals surface area (Å²) in [6.45, 7) is 0. The first-order valence-corrected chi connectivity index (χ1v) is 10.7. The minimum absolute atomic E-state index is 0.0813. The molecule has 0 atom stereocenters. The second-order valence-corrected chi connectivity index (χ2v) is 7.93. The monoisotopic (exact) mass is 430 g/mol. The molecule has 0 bridgehead atoms. The first-order chi connectivity index (χ1) is 15.2. The van der Waals surface area contributed by atoms with Gasteiger partial charge in [0.05, 0.1) is 19.0 Å². The molecule has 4 rings (SSSR count). The third kappa shape index (κ3) is 5.55. The van der Waals surface area contributed by atoms with E-state index < -0.39 is 0 Å². The molecule has 0 saturated heterocycles. The van der Waals surface area contributed by atoms with Crippen molar-refractivity contribution >= 4 is 23.4 Å². The lowest BCUT2D eigenvalue weighted by Gasteiger charge is -2.10. The highest BCUT2D eigenvalue weighted by Gasteiger charge is 2.12. The van der Waals surface area contributed by atoms with Gasteiger partial charge in [0.15, 0.2) is 11.7 Å². The van der Waals surface area contributed by atoms with E-state index in [1.807, 2.05) is 78.9 Å². The van der Waals surface area contributed by atoms with Gasteiger partial charge in [-0.3, -0.25) is 4.79 Å². The summed E-state index contributed by atoms with van der Waals surface area (Å²) in [7, 11) is 1.63. The number of hydrogen-bond donors (Lipinski definition) is 1. The van der Waals surface area contributed by atoms with Gasteiger partial charge in [-0.1, -0.05) is 54.2 Å². The Labute approximate surface area is 185 Å². The Bertz CT molecular complexity index is 1160. The molecule has 0 fully saturated rings. The van der Waals surface area contributed by atoms with Gasteiger partial charge < -0.3 is 14.5 Å². The SMILES string of the molecule is COc1cccc(-c2cnc(CCC(=O)Nc3ccccc3Sc3ccccc3)o2)c1. The number of amides is 1. The highest BCUT2D eigenvalue weighted by Crippen LogP contribution is 2.33. The molecule has 4 aromatic rings. The zero-order valence-electron chi connectivity index (χ0n) is 17.1. The molecule has 1 amide bonds. The van der Waals surface area contributed by atoms with E-state index in [9.17, 15) is 4.79 Å². The van der Waals surface area contributed by atoms with Crippen LogP contribution in [0.1, 0.15) is 12.3 Å². The summed E-state index contributed by atoms with van der Waals surface area (Å²) in [5, 5.41) is 3.01. The first kappa shape index (κ1) is 20.8. The van der Waals surface area contributed by atoms with Crippen LogP contribution in [0.3, 0.4) is 0 Å². The molecule has 0 aliphatic heterocycles. The Balaban J connectivity index is 1.37. The maximum Gasteiger partial charge on any atom is 0.224 e. The number of aromatic nitrogens is 1. The number of carbonyl (C=O) groups is 1. The first-order valence-electron chi connectivity index (χ1n) is 9.92. The van der Waals surface area contributed by atoms with Crippen LogP contribution < -0.4 is 10.1 Å². The van der Waals surface area contributed by atoms with E-state index in [1.54, 1.807) is 25.1 Å². The molecule has 6 heteroatoms. The number of nitrogens with zero attached hydrogens (tertiary/aromatic N) is 1. The van der Waals surface area contributed by atoms with Gasteiger partial charge in [0.2, 0.25) is 5.91 Å². The van der Waals surface area contributed by atoms with E-state index >= 15 is 0 Å². The zero-order valence-corrected chi connectivity index (χ0v) is 17.9. The Morgan fingerprint density at radius 1 is 1.03 bits per heavy atom. The van der Waals surface area contributed by atoms with Gasteiger partial charge in [-0.25, -0.2) is 4.98 Å². The summed E-state index contributed by atoms with van der Waals surface area (Å²) < 4.78 is 11.1. The average molecular weight is 431 g/mol. The topological polar surface area (TPSA) is 64.4 Å². The van der Waals surface area contributed by atoms with Gasteiger partial charge >= 0.3 is 0 Å². The number of anilines is 1. The number of rotatable bonds is 8. The number of hydrogen-bond acceptors (Lipinski definition) is 5. The third-order valence-electron chi connectivity index (χ3n) is 4.61. The number of nitrogens with one attached hydrogen (secondary N) is 1. The number of para-hydroxylation sites is 1. The molecule has 0 unspecified atom stereocenters. The van der Waals surface area contributed by atoms with E-state index in [0.717, 1.165) is 26.8 Å². The fourth-order valence-corrected chi connectivity index (χ4v) is 3.97. The van der Waals surface area contributed by atoms with Crippen molar-refractivity contribution in [3.63, 3.8) is 0 Å². The number of methoxy groups -OCH3 is 1. The Morgan fingerprint density at radius 3 is 2.68 bits per heavy atom. The molecule has 0 saturated carbocycles. The van der Waals surface area contributed by atoms with E-state index in [0.29, 0.717) is 18.1 Å². The maximum atomic E-state index is 12.5. The average Bonchev–Trinajstić information content (AvgIpc) is 3.29. The molecular formula is C25H22N2O3S. The van der Waals surface area contributed by atoms with Crippen LogP contribution in [-0.4, -0.2) is 18.0 Å². The summed E-state index contributed by atoms with van der Waals surface area (Å²) in [4.78, 5) is 19.0. The summed E-state index contributed by atoms with van der Waals surface area (Å²) in [5.74, 6) is 1.85. The lowest BCUT2D eigenvalue weighted by molar-refractivity contribution is -0.116. The smallest absolute Gasteiger partial charge is 0.224 e. The van der Waals surface area contributed by atoms with Crippen molar-refractivity contribution in [1.82, 2.24) is 4.98 Å². The van der Waals surface area contributed by atoms with Gasteiger partial charge in [0.1, 0.15) is 5.75 Å². The zero-order chi connectivity index (χ0) is 21.5. The molecule has 0 aliphatic rings. The van der Waals surface area contributed by atoms with Crippen LogP contribution in [0.25, 0.3) is 11.3 Å². The molecule has 3 aromatic carbocycles. The quantitative estimate of drug-likeness (QED) is 0.367. The lowest BCUT2D eigenvalue weighted by Crippen LogP contribution is -2.13. The molecule has 31 heavy (non-hydrogen) atoms. The second kappa shape index (κ2) is 10.00. The van der Waals surface area contributed by atoms with Gasteiger partial charge in [-0.15, -0.1) is 0 Å². The van der Waals surface area contributed by atoms with Crippen molar-refractivity contribution in [3.8, 4) is 17.1 Å². The van der Waals surface area contributed by atoms with Gasteiger partial charge in [0.25, 0.3) is 0 Å². The van der Waals surface area contributed by atoms with Crippen LogP contribution in [0.5, 0.6) is 5.75 Å². The van der Waals surface area contributed by atoms with Crippen molar-refractivity contribution in [1.29, 1.82) is 0 Å². The van der Waals surface area contributed by atoms with Crippen molar-refractivity contribution in [2.24, 2.45) is 0 Å². The van der Waals surface area contributed by atoms with Gasteiger partial charge in [-0.05, 0) is 36.4 Å². The maximum absolute atomic E-state index is 12.5. The Kier molecular flexibility index (Phi) is 6.69. The predicted octanol–water partition coefficient (Wildman–Crippen LogP) is 6.07. The molecule has 0 radical (unpaired) electrons. The van der Waals surface area contributed by atoms with Crippen LogP contribution in [0.15, 0.2) is 99.3 Å². The van der Waals surface area contributed by atoms with Crippen molar-refractivity contribution in [2.75, 3.05) is 12.4 Å². The predicted molar refractivity (Wildman–Crippen MR) is 122 cm³/mol. The van der Waals surface area contributed by atoms with Gasteiger partial charge in [0, 0.05) is 28.2 Å². The van der Waals surface area contributed by atoms with E-state index in [-0.39, 0.29) is 12.3 Å².